The van der Waals surface area contributed by atoms with E-state index in [1.807, 2.05) is 20.8 Å². The average Bonchev–Trinajstić information content (AvgIpc) is 2.32. The van der Waals surface area contributed by atoms with Gasteiger partial charge in [-0.05, 0) is 27.0 Å². The van der Waals surface area contributed by atoms with Crippen LogP contribution in [0.2, 0.25) is 0 Å². The summed E-state index contributed by atoms with van der Waals surface area (Å²) in [5.74, 6) is 5.32. The molecule has 2 amide bonds. The Balaban J connectivity index is 5.11. The summed E-state index contributed by atoms with van der Waals surface area (Å²) in [5, 5.41) is 5.11. The lowest BCUT2D eigenvalue weighted by atomic mass is 10.0. The normalized spacial score (nSPS) is 9.79. The number of carbonyl (C=O) groups is 2. The predicted molar refractivity (Wildman–Crippen MR) is 76.9 cm³/mol. The summed E-state index contributed by atoms with van der Waals surface area (Å²) in [6.07, 6.45) is 3.11. The summed E-state index contributed by atoms with van der Waals surface area (Å²) < 4.78 is 0. The molecule has 4 heteroatoms. The third-order valence-corrected chi connectivity index (χ3v) is 2.17. The Morgan fingerprint density at radius 2 is 1.89 bits per heavy atom. The van der Waals surface area contributed by atoms with Crippen LogP contribution in [0.3, 0.4) is 0 Å². The molecule has 0 radical (unpaired) electrons. The van der Waals surface area contributed by atoms with Crippen molar-refractivity contribution in [1.82, 2.24) is 10.6 Å². The molecule has 0 aromatic rings. The number of allylic oxidation sites excluding steroid dienone is 2. The maximum Gasteiger partial charge on any atom is 0.256 e. The van der Waals surface area contributed by atoms with Crippen LogP contribution in [0.1, 0.15) is 27.7 Å². The van der Waals surface area contributed by atoms with Gasteiger partial charge in [0.05, 0.1) is 12.1 Å². The summed E-state index contributed by atoms with van der Waals surface area (Å²) in [6, 6.07) is 0. The Labute approximate surface area is 114 Å². The van der Waals surface area contributed by atoms with Crippen LogP contribution in [0, 0.1) is 11.8 Å². The summed E-state index contributed by atoms with van der Waals surface area (Å²) in [4.78, 5) is 22.6. The maximum atomic E-state index is 11.9. The van der Waals surface area contributed by atoms with E-state index in [-0.39, 0.29) is 18.4 Å². The number of rotatable bonds is 4. The van der Waals surface area contributed by atoms with Gasteiger partial charge in [-0.25, -0.2) is 0 Å². The van der Waals surface area contributed by atoms with Gasteiger partial charge in [-0.2, -0.15) is 0 Å². The van der Waals surface area contributed by atoms with Crippen molar-refractivity contribution in [2.75, 3.05) is 6.54 Å². The second kappa shape index (κ2) is 8.76. The Morgan fingerprint density at radius 3 is 2.32 bits per heavy atom. The van der Waals surface area contributed by atoms with Gasteiger partial charge >= 0.3 is 0 Å². The molecule has 2 N–H and O–H groups in total. The van der Waals surface area contributed by atoms with Crippen LogP contribution in [0.5, 0.6) is 0 Å². The fourth-order valence-electron chi connectivity index (χ4n) is 1.37. The monoisotopic (exact) mass is 260 g/mol. The Kier molecular flexibility index (Phi) is 7.71. The zero-order chi connectivity index (χ0) is 14.8. The lowest BCUT2D eigenvalue weighted by Gasteiger charge is -2.08. The highest BCUT2D eigenvalue weighted by Crippen LogP contribution is 2.14. The highest BCUT2D eigenvalue weighted by atomic mass is 16.2. The van der Waals surface area contributed by atoms with E-state index in [1.54, 1.807) is 6.08 Å². The molecule has 102 valence electrons. The van der Waals surface area contributed by atoms with Gasteiger partial charge in [0, 0.05) is 12.5 Å². The van der Waals surface area contributed by atoms with Crippen molar-refractivity contribution in [3.05, 3.63) is 35.6 Å². The lowest BCUT2D eigenvalue weighted by Crippen LogP contribution is -2.21. The largest absolute Gasteiger partial charge is 0.345 e. The summed E-state index contributed by atoms with van der Waals surface area (Å²) >= 11 is 0. The fourth-order valence-corrected chi connectivity index (χ4v) is 1.37. The number of hydrogen-bond acceptors (Lipinski definition) is 2. The topological polar surface area (TPSA) is 58.2 Å². The highest BCUT2D eigenvalue weighted by Gasteiger charge is 2.12. The molecule has 0 atom stereocenters. The summed E-state index contributed by atoms with van der Waals surface area (Å²) in [6.45, 7) is 10.6. The Bertz CT molecular complexity index is 484. The van der Waals surface area contributed by atoms with E-state index in [2.05, 4.69) is 29.1 Å². The molecule has 0 rings (SSSR count). The molecule has 0 saturated carbocycles. The first-order valence-corrected chi connectivity index (χ1v) is 5.93. The minimum absolute atomic E-state index is 0.136. The van der Waals surface area contributed by atoms with Crippen LogP contribution in [-0.2, 0) is 9.59 Å². The van der Waals surface area contributed by atoms with Crippen LogP contribution < -0.4 is 10.6 Å². The van der Waals surface area contributed by atoms with Crippen molar-refractivity contribution in [3.8, 4) is 11.8 Å². The van der Waals surface area contributed by atoms with Crippen molar-refractivity contribution in [2.24, 2.45) is 0 Å². The molecule has 19 heavy (non-hydrogen) atoms. The second-order valence-electron chi connectivity index (χ2n) is 3.97. The van der Waals surface area contributed by atoms with Gasteiger partial charge in [0.15, 0.2) is 0 Å². The van der Waals surface area contributed by atoms with E-state index in [0.717, 1.165) is 5.57 Å². The van der Waals surface area contributed by atoms with Crippen molar-refractivity contribution in [1.29, 1.82) is 0 Å². The summed E-state index contributed by atoms with van der Waals surface area (Å²) in [7, 11) is 0. The molecule has 0 fully saturated rings. The lowest BCUT2D eigenvalue weighted by molar-refractivity contribution is -0.119. The average molecular weight is 260 g/mol. The maximum absolute atomic E-state index is 11.9. The first kappa shape index (κ1) is 16.7. The second-order valence-corrected chi connectivity index (χ2v) is 3.97. The van der Waals surface area contributed by atoms with Gasteiger partial charge in [0.2, 0.25) is 5.91 Å². The van der Waals surface area contributed by atoms with E-state index in [1.165, 1.54) is 13.1 Å². The van der Waals surface area contributed by atoms with Gasteiger partial charge in [0.25, 0.3) is 5.91 Å². The van der Waals surface area contributed by atoms with Gasteiger partial charge in [-0.15, -0.1) is 0 Å². The van der Waals surface area contributed by atoms with Crippen molar-refractivity contribution in [2.45, 2.75) is 27.7 Å². The van der Waals surface area contributed by atoms with Crippen LogP contribution >= 0.6 is 0 Å². The molecule has 0 aromatic heterocycles. The standard InChI is InChI=1S/C15H20N2O2/c1-6-13(9-8-10-17-12(5)18)14(11(3)4)15(19)16-7-2/h6-7H,2,10H2,1,3-5H3,(H,16,19)(H,17,18)/b13-6-. The number of carbonyl (C=O) groups excluding carboxylic acids is 2. The van der Waals surface area contributed by atoms with Crippen molar-refractivity contribution in [3.63, 3.8) is 0 Å². The van der Waals surface area contributed by atoms with Crippen LogP contribution in [0.25, 0.3) is 0 Å². The first-order chi connectivity index (χ1) is 8.93. The highest BCUT2D eigenvalue weighted by molar-refractivity contribution is 6.00. The fraction of sp³-hybridized carbons (Fsp3) is 0.333. The molecule has 0 aliphatic carbocycles. The molecule has 0 saturated heterocycles. The van der Waals surface area contributed by atoms with Gasteiger partial charge in [-0.3, -0.25) is 9.59 Å². The molecule has 0 aliphatic heterocycles. The zero-order valence-corrected chi connectivity index (χ0v) is 11.9. The van der Waals surface area contributed by atoms with Crippen LogP contribution in [0.4, 0.5) is 0 Å². The van der Waals surface area contributed by atoms with E-state index in [0.29, 0.717) is 11.1 Å². The molecule has 0 aromatic carbocycles. The number of amides is 2. The zero-order valence-electron chi connectivity index (χ0n) is 11.9. The van der Waals surface area contributed by atoms with Gasteiger partial charge in [0.1, 0.15) is 0 Å². The summed E-state index contributed by atoms with van der Waals surface area (Å²) in [5.41, 5.74) is 2.02. The van der Waals surface area contributed by atoms with E-state index >= 15 is 0 Å². The first-order valence-electron chi connectivity index (χ1n) is 5.93. The minimum Gasteiger partial charge on any atom is -0.345 e. The number of nitrogens with one attached hydrogen (secondary N) is 2. The van der Waals surface area contributed by atoms with E-state index in [4.69, 9.17) is 0 Å². The Morgan fingerprint density at radius 1 is 1.26 bits per heavy atom. The van der Waals surface area contributed by atoms with Crippen LogP contribution in [-0.4, -0.2) is 18.4 Å². The van der Waals surface area contributed by atoms with Gasteiger partial charge in [-0.1, -0.05) is 30.1 Å². The minimum atomic E-state index is -0.239. The molecule has 0 spiro atoms. The molecule has 0 aliphatic rings. The number of hydrogen-bond donors (Lipinski definition) is 2. The smallest absolute Gasteiger partial charge is 0.256 e. The molecule has 0 heterocycles. The molecule has 0 bridgehead atoms. The third kappa shape index (κ3) is 6.27. The predicted octanol–water partition coefficient (Wildman–Crippen LogP) is 1.67. The third-order valence-electron chi connectivity index (χ3n) is 2.17. The van der Waals surface area contributed by atoms with Crippen molar-refractivity contribution >= 4 is 11.8 Å². The molecular weight excluding hydrogens is 240 g/mol. The molecular formula is C15H20N2O2. The van der Waals surface area contributed by atoms with E-state index < -0.39 is 0 Å². The van der Waals surface area contributed by atoms with E-state index in [9.17, 15) is 9.59 Å². The van der Waals surface area contributed by atoms with Gasteiger partial charge < -0.3 is 10.6 Å². The van der Waals surface area contributed by atoms with Crippen molar-refractivity contribution < 1.29 is 9.59 Å². The molecule has 0 unspecified atom stereocenters. The SMILES string of the molecule is C=CNC(=O)C(=C(C)C)/C(C#CCNC(C)=O)=C\C. The quantitative estimate of drug-likeness (QED) is 0.459. The van der Waals surface area contributed by atoms with Crippen LogP contribution in [0.15, 0.2) is 35.6 Å². The Hall–Kier alpha value is -2.28. The molecule has 4 nitrogen and oxygen atoms in total.